The van der Waals surface area contributed by atoms with E-state index in [9.17, 15) is 4.79 Å². The molecule has 0 saturated heterocycles. The van der Waals surface area contributed by atoms with E-state index in [2.05, 4.69) is 25.7 Å². The zero-order valence-electron chi connectivity index (χ0n) is 6.72. The molecule has 7 nitrogen and oxygen atoms in total. The van der Waals surface area contributed by atoms with Crippen LogP contribution in [0, 0.1) is 0 Å². The Morgan fingerprint density at radius 3 is 2.69 bits per heavy atom. The Hall–Kier alpha value is -1.70. The van der Waals surface area contributed by atoms with Gasteiger partial charge in [0, 0.05) is 0 Å². The van der Waals surface area contributed by atoms with Gasteiger partial charge in [-0.2, -0.15) is 0 Å². The van der Waals surface area contributed by atoms with E-state index in [-0.39, 0.29) is 5.11 Å². The van der Waals surface area contributed by atoms with Gasteiger partial charge < -0.3 is 4.74 Å². The zero-order valence-corrected chi connectivity index (χ0v) is 7.54. The van der Waals surface area contributed by atoms with Gasteiger partial charge >= 0.3 is 6.09 Å². The molecule has 0 fully saturated rings. The van der Waals surface area contributed by atoms with Crippen molar-refractivity contribution in [1.29, 1.82) is 0 Å². The average Bonchev–Trinajstić information content (AvgIpc) is 2.56. The van der Waals surface area contributed by atoms with Gasteiger partial charge in [0.2, 0.25) is 0 Å². The Bertz CT molecular complexity index is 298. The Morgan fingerprint density at radius 1 is 1.54 bits per heavy atom. The highest BCUT2D eigenvalue weighted by Crippen LogP contribution is 1.78. The molecule has 0 aliphatic carbocycles. The number of amides is 1. The molecular weight excluding hydrogens is 194 g/mol. The molecule has 1 aromatic heterocycles. The second kappa shape index (κ2) is 4.36. The summed E-state index contributed by atoms with van der Waals surface area (Å²) in [5.74, 6) is 0. The minimum absolute atomic E-state index is 0.103. The van der Waals surface area contributed by atoms with Crippen molar-refractivity contribution in [3.8, 4) is 0 Å². The van der Waals surface area contributed by atoms with Gasteiger partial charge in [0.25, 0.3) is 0 Å². The van der Waals surface area contributed by atoms with Crippen molar-refractivity contribution in [1.82, 2.24) is 20.2 Å². The Balaban J connectivity index is 2.38. The molecule has 1 rings (SSSR count). The molecule has 0 aliphatic rings. The summed E-state index contributed by atoms with van der Waals surface area (Å²) in [5.41, 5.74) is 2.60. The quantitative estimate of drug-likeness (QED) is 0.594. The number of ether oxygens (including phenoxy) is 1. The van der Waals surface area contributed by atoms with Crippen LogP contribution in [-0.4, -0.2) is 33.2 Å². The van der Waals surface area contributed by atoms with Crippen LogP contribution in [0.1, 0.15) is 0 Å². The van der Waals surface area contributed by atoms with E-state index in [0.29, 0.717) is 0 Å². The van der Waals surface area contributed by atoms with Gasteiger partial charge in [-0.05, 0) is 12.2 Å². The van der Waals surface area contributed by atoms with Crippen molar-refractivity contribution in [3.63, 3.8) is 0 Å². The van der Waals surface area contributed by atoms with Crippen LogP contribution in [0.15, 0.2) is 12.7 Å². The van der Waals surface area contributed by atoms with Crippen molar-refractivity contribution in [2.75, 3.05) is 12.5 Å². The second-order valence-electron chi connectivity index (χ2n) is 1.93. The standard InChI is InChI=1S/C5H7N5O2S/c1-12-5(11)8-4(13)9-10-2-6-7-3-10/h2-3H,1H3,(H2,8,9,11,13). The maximum absolute atomic E-state index is 10.6. The molecule has 1 amide bonds. The van der Waals surface area contributed by atoms with Crippen LogP contribution in [0.25, 0.3) is 0 Å². The number of aromatic nitrogens is 3. The third kappa shape index (κ3) is 3.03. The number of hydrogen-bond donors (Lipinski definition) is 2. The highest BCUT2D eigenvalue weighted by Gasteiger charge is 2.02. The molecule has 13 heavy (non-hydrogen) atoms. The first kappa shape index (κ1) is 9.39. The van der Waals surface area contributed by atoms with Crippen LogP contribution >= 0.6 is 12.2 Å². The van der Waals surface area contributed by atoms with Crippen molar-refractivity contribution < 1.29 is 9.53 Å². The molecule has 0 aliphatic heterocycles. The number of rotatable bonds is 1. The van der Waals surface area contributed by atoms with Gasteiger partial charge in [0.15, 0.2) is 5.11 Å². The Labute approximate surface area is 79.1 Å². The predicted octanol–water partition coefficient (Wildman–Crippen LogP) is -0.538. The number of carbonyl (C=O) groups is 1. The fourth-order valence-electron chi connectivity index (χ4n) is 0.547. The van der Waals surface area contributed by atoms with Crippen LogP contribution < -0.4 is 10.7 Å². The van der Waals surface area contributed by atoms with E-state index in [1.54, 1.807) is 0 Å². The Kier molecular flexibility index (Phi) is 3.15. The lowest BCUT2D eigenvalue weighted by Gasteiger charge is -2.07. The third-order valence-corrected chi connectivity index (χ3v) is 1.24. The highest BCUT2D eigenvalue weighted by atomic mass is 32.1. The topological polar surface area (TPSA) is 81.1 Å². The summed E-state index contributed by atoms with van der Waals surface area (Å²) in [6, 6.07) is 0. The number of carbonyl (C=O) groups excluding carboxylic acids is 1. The van der Waals surface area contributed by atoms with Crippen LogP contribution in [-0.2, 0) is 4.74 Å². The predicted molar refractivity (Wildman–Crippen MR) is 47.5 cm³/mol. The third-order valence-electron chi connectivity index (χ3n) is 1.05. The maximum atomic E-state index is 10.6. The molecular formula is C5H7N5O2S. The molecule has 0 aromatic carbocycles. The fraction of sp³-hybridized carbons (Fsp3) is 0.200. The number of nitrogens with zero attached hydrogens (tertiary/aromatic N) is 3. The lowest BCUT2D eigenvalue weighted by molar-refractivity contribution is 0.177. The zero-order chi connectivity index (χ0) is 9.68. The van der Waals surface area contributed by atoms with Crippen molar-refractivity contribution in [3.05, 3.63) is 12.7 Å². The first-order valence-corrected chi connectivity index (χ1v) is 3.64. The van der Waals surface area contributed by atoms with Gasteiger partial charge in [-0.25, -0.2) is 9.47 Å². The van der Waals surface area contributed by atoms with E-state index < -0.39 is 6.09 Å². The molecule has 1 aromatic rings. The second-order valence-corrected chi connectivity index (χ2v) is 2.33. The molecule has 2 N–H and O–H groups in total. The van der Waals surface area contributed by atoms with Crippen molar-refractivity contribution >= 4 is 23.4 Å². The van der Waals surface area contributed by atoms with E-state index in [4.69, 9.17) is 12.2 Å². The molecule has 0 saturated carbocycles. The SMILES string of the molecule is COC(=O)NC(=S)Nn1cnnc1. The van der Waals surface area contributed by atoms with E-state index in [1.165, 1.54) is 24.4 Å². The summed E-state index contributed by atoms with van der Waals surface area (Å²) >= 11 is 4.75. The van der Waals surface area contributed by atoms with Crippen molar-refractivity contribution in [2.24, 2.45) is 0 Å². The van der Waals surface area contributed by atoms with E-state index >= 15 is 0 Å². The largest absolute Gasteiger partial charge is 0.453 e. The number of methoxy groups -OCH3 is 1. The number of thiocarbonyl (C=S) groups is 1. The average molecular weight is 201 g/mol. The summed E-state index contributed by atoms with van der Waals surface area (Å²) in [5, 5.41) is 9.40. The van der Waals surface area contributed by atoms with Crippen molar-refractivity contribution in [2.45, 2.75) is 0 Å². The van der Waals surface area contributed by atoms with Crippen LogP contribution in [0.4, 0.5) is 4.79 Å². The van der Waals surface area contributed by atoms with Gasteiger partial charge in [-0.1, -0.05) is 0 Å². The fourth-order valence-corrected chi connectivity index (χ4v) is 0.736. The monoisotopic (exact) mass is 201 g/mol. The van der Waals surface area contributed by atoms with E-state index in [1.807, 2.05) is 0 Å². The van der Waals surface area contributed by atoms with Gasteiger partial charge in [-0.3, -0.25) is 10.7 Å². The molecule has 1 heterocycles. The van der Waals surface area contributed by atoms with Crippen LogP contribution in [0.3, 0.4) is 0 Å². The Morgan fingerprint density at radius 2 is 2.15 bits per heavy atom. The number of nitrogens with one attached hydrogen (secondary N) is 2. The minimum atomic E-state index is -0.634. The first-order valence-electron chi connectivity index (χ1n) is 3.23. The van der Waals surface area contributed by atoms with Crippen LogP contribution in [0.5, 0.6) is 0 Å². The molecule has 0 atom stereocenters. The van der Waals surface area contributed by atoms with Crippen LogP contribution in [0.2, 0.25) is 0 Å². The molecule has 0 spiro atoms. The summed E-state index contributed by atoms with van der Waals surface area (Å²) < 4.78 is 5.71. The summed E-state index contributed by atoms with van der Waals surface area (Å²) in [7, 11) is 1.25. The first-order chi connectivity index (χ1) is 6.22. The molecule has 70 valence electrons. The summed E-state index contributed by atoms with van der Waals surface area (Å²) in [4.78, 5) is 10.6. The molecule has 0 radical (unpaired) electrons. The summed E-state index contributed by atoms with van der Waals surface area (Å²) in [6.45, 7) is 0. The van der Waals surface area contributed by atoms with Gasteiger partial charge in [0.1, 0.15) is 12.7 Å². The molecule has 8 heteroatoms. The smallest absolute Gasteiger partial charge is 0.413 e. The van der Waals surface area contributed by atoms with Gasteiger partial charge in [0.05, 0.1) is 7.11 Å². The van der Waals surface area contributed by atoms with E-state index in [0.717, 1.165) is 0 Å². The van der Waals surface area contributed by atoms with Gasteiger partial charge in [-0.15, -0.1) is 10.2 Å². The lowest BCUT2D eigenvalue weighted by Crippen LogP contribution is -2.37. The molecule has 0 bridgehead atoms. The number of hydrogen-bond acceptors (Lipinski definition) is 5. The summed E-state index contributed by atoms with van der Waals surface area (Å²) in [6.07, 6.45) is 2.15. The normalized spacial score (nSPS) is 9.00. The minimum Gasteiger partial charge on any atom is -0.453 e. The molecule has 0 unspecified atom stereocenters. The maximum Gasteiger partial charge on any atom is 0.413 e. The number of alkyl carbamates (subject to hydrolysis) is 1. The lowest BCUT2D eigenvalue weighted by atomic mass is 11.0. The highest BCUT2D eigenvalue weighted by molar-refractivity contribution is 7.80.